The number of rotatable bonds is 5. The zero-order chi connectivity index (χ0) is 33.4. The fraction of sp³-hybridized carbons (Fsp3) is 0.474. The third-order valence-corrected chi connectivity index (χ3v) is 10.4. The van der Waals surface area contributed by atoms with Crippen molar-refractivity contribution in [1.82, 2.24) is 0 Å². The van der Waals surface area contributed by atoms with Gasteiger partial charge in [-0.15, -0.1) is 0 Å². The van der Waals surface area contributed by atoms with Crippen molar-refractivity contribution in [2.24, 2.45) is 29.1 Å². The Labute approximate surface area is 270 Å². The molecule has 8 atom stereocenters. The Kier molecular flexibility index (Phi) is 9.41. The molecule has 244 valence electrons. The summed E-state index contributed by atoms with van der Waals surface area (Å²) in [6, 6.07) is 17.1. The molecule has 46 heavy (non-hydrogen) atoms. The van der Waals surface area contributed by atoms with Gasteiger partial charge in [-0.25, -0.2) is 9.59 Å². The Balaban J connectivity index is 1.56. The lowest BCUT2D eigenvalue weighted by molar-refractivity contribution is -0.160. The summed E-state index contributed by atoms with van der Waals surface area (Å²) in [5, 5.41) is 12.1. The Morgan fingerprint density at radius 1 is 0.870 bits per heavy atom. The molecule has 2 fully saturated rings. The molecule has 0 spiro atoms. The molecule has 0 heterocycles. The van der Waals surface area contributed by atoms with Gasteiger partial charge in [0.25, 0.3) is 0 Å². The fourth-order valence-corrected chi connectivity index (χ4v) is 7.51. The zero-order valence-electron chi connectivity index (χ0n) is 27.2. The minimum absolute atomic E-state index is 0.0751. The minimum Gasteiger partial charge on any atom is -0.458 e. The normalized spacial score (nSPS) is 32.3. The van der Waals surface area contributed by atoms with Crippen molar-refractivity contribution >= 4 is 23.7 Å². The average Bonchev–Trinajstić information content (AvgIpc) is 3.55. The van der Waals surface area contributed by atoms with E-state index in [1.54, 1.807) is 67.6 Å². The van der Waals surface area contributed by atoms with E-state index in [9.17, 15) is 24.3 Å². The van der Waals surface area contributed by atoms with Crippen LogP contribution in [0.15, 0.2) is 84.5 Å². The van der Waals surface area contributed by atoms with Gasteiger partial charge in [0, 0.05) is 18.9 Å². The van der Waals surface area contributed by atoms with Crippen molar-refractivity contribution in [3.05, 3.63) is 95.6 Å². The Hall–Kier alpha value is -4.04. The van der Waals surface area contributed by atoms with Crippen molar-refractivity contribution in [3.8, 4) is 0 Å². The van der Waals surface area contributed by atoms with Crippen LogP contribution in [0.25, 0.3) is 0 Å². The summed E-state index contributed by atoms with van der Waals surface area (Å²) in [6.07, 6.45) is 0.305. The van der Waals surface area contributed by atoms with Gasteiger partial charge in [0.1, 0.15) is 23.9 Å². The standard InChI is InChI=1S/C38H44O8/c1-22-21-38(43)23(2)19-30-29(37(30,5)6)17-18-31(45-35(41)26-13-9-7-10-14-26)24(3)32(44-25(4)39)20-28(34(38)40)33(22)46-36(42)27-15-11-8-12-16-27/h7-16,19,22,28-33,43H,3,17-18,20-21H2,1-2,4-6H3/t22-,28-,29+,30+,31-,32-,33+,38-/m1/s1. The Morgan fingerprint density at radius 3 is 2.00 bits per heavy atom. The van der Waals surface area contributed by atoms with Gasteiger partial charge < -0.3 is 19.3 Å². The first-order valence-corrected chi connectivity index (χ1v) is 16.1. The number of benzene rings is 2. The summed E-state index contributed by atoms with van der Waals surface area (Å²) < 4.78 is 17.9. The predicted molar refractivity (Wildman–Crippen MR) is 172 cm³/mol. The van der Waals surface area contributed by atoms with E-state index in [0.29, 0.717) is 35.1 Å². The molecule has 3 aliphatic carbocycles. The second-order valence-corrected chi connectivity index (χ2v) is 13.8. The van der Waals surface area contributed by atoms with Crippen LogP contribution in [0.2, 0.25) is 0 Å². The van der Waals surface area contributed by atoms with E-state index >= 15 is 0 Å². The van der Waals surface area contributed by atoms with Crippen molar-refractivity contribution in [3.63, 3.8) is 0 Å². The summed E-state index contributed by atoms with van der Waals surface area (Å²) in [5.41, 5.74) is -0.293. The van der Waals surface area contributed by atoms with Crippen LogP contribution in [-0.2, 0) is 23.8 Å². The van der Waals surface area contributed by atoms with Gasteiger partial charge in [-0.1, -0.05) is 69.8 Å². The molecule has 8 nitrogen and oxygen atoms in total. The van der Waals surface area contributed by atoms with Crippen LogP contribution in [0, 0.1) is 29.1 Å². The molecular formula is C38H44O8. The lowest BCUT2D eigenvalue weighted by Crippen LogP contribution is -2.57. The van der Waals surface area contributed by atoms with Crippen LogP contribution in [0.4, 0.5) is 0 Å². The predicted octanol–water partition coefficient (Wildman–Crippen LogP) is 6.28. The number of carbonyl (C=O) groups is 4. The van der Waals surface area contributed by atoms with Crippen LogP contribution in [0.3, 0.4) is 0 Å². The van der Waals surface area contributed by atoms with E-state index in [1.165, 1.54) is 6.92 Å². The zero-order valence-corrected chi connectivity index (χ0v) is 27.2. The number of allylic oxidation sites excluding steroid dienone is 1. The third kappa shape index (κ3) is 6.59. The van der Waals surface area contributed by atoms with Gasteiger partial charge in [0.15, 0.2) is 5.78 Å². The molecule has 2 aromatic rings. The Bertz CT molecular complexity index is 1530. The molecule has 0 saturated heterocycles. The molecular weight excluding hydrogens is 584 g/mol. The van der Waals surface area contributed by atoms with Crippen LogP contribution in [-0.4, -0.2) is 52.7 Å². The second-order valence-electron chi connectivity index (χ2n) is 13.8. The maximum Gasteiger partial charge on any atom is 0.338 e. The van der Waals surface area contributed by atoms with Crippen LogP contribution in [0.5, 0.6) is 0 Å². The highest BCUT2D eigenvalue weighted by atomic mass is 16.6. The van der Waals surface area contributed by atoms with Crippen molar-refractivity contribution in [2.45, 2.75) is 84.2 Å². The SMILES string of the molecule is C=C1[C@H](OC(C)=O)C[C@H]2C(=O)[C@@](O)(C[C@@H](C)[C@@H]2OC(=O)c2ccccc2)C(C)=C[C@H]2[C@H](CC[C@H]1OC(=O)c1ccccc1)C2(C)C. The number of fused-ring (bicyclic) bond motifs is 3. The van der Waals surface area contributed by atoms with Crippen LogP contribution >= 0.6 is 0 Å². The number of ketones is 1. The van der Waals surface area contributed by atoms with Crippen molar-refractivity contribution in [1.29, 1.82) is 0 Å². The third-order valence-electron chi connectivity index (χ3n) is 10.4. The highest BCUT2D eigenvalue weighted by Crippen LogP contribution is 2.62. The summed E-state index contributed by atoms with van der Waals surface area (Å²) in [6.45, 7) is 13.5. The van der Waals surface area contributed by atoms with Gasteiger partial charge in [0.05, 0.1) is 17.0 Å². The maximum atomic E-state index is 14.5. The van der Waals surface area contributed by atoms with Gasteiger partial charge in [0.2, 0.25) is 0 Å². The molecule has 2 bridgehead atoms. The molecule has 0 radical (unpaired) electrons. The summed E-state index contributed by atoms with van der Waals surface area (Å²) in [7, 11) is 0. The monoisotopic (exact) mass is 628 g/mol. The van der Waals surface area contributed by atoms with Gasteiger partial charge >= 0.3 is 17.9 Å². The molecule has 2 aromatic carbocycles. The van der Waals surface area contributed by atoms with E-state index in [1.807, 2.05) is 13.0 Å². The fourth-order valence-electron chi connectivity index (χ4n) is 7.51. The minimum atomic E-state index is -1.79. The van der Waals surface area contributed by atoms with Crippen LogP contribution in [0.1, 0.15) is 81.0 Å². The number of Topliss-reactive ketones (excluding diaryl/α,β-unsaturated/α-hetero) is 1. The number of aliphatic hydroxyl groups is 1. The number of hydrogen-bond acceptors (Lipinski definition) is 8. The molecule has 3 aliphatic rings. The molecule has 0 aliphatic heterocycles. The molecule has 5 rings (SSSR count). The lowest BCUT2D eigenvalue weighted by Gasteiger charge is -2.45. The van der Waals surface area contributed by atoms with E-state index in [4.69, 9.17) is 14.2 Å². The van der Waals surface area contributed by atoms with Crippen molar-refractivity contribution in [2.75, 3.05) is 0 Å². The molecule has 8 heteroatoms. The second kappa shape index (κ2) is 13.0. The van der Waals surface area contributed by atoms with Gasteiger partial charge in [-0.3, -0.25) is 9.59 Å². The molecule has 0 amide bonds. The number of hydrogen-bond donors (Lipinski definition) is 1. The van der Waals surface area contributed by atoms with E-state index in [-0.39, 0.29) is 30.1 Å². The van der Waals surface area contributed by atoms with Gasteiger partial charge in [-0.2, -0.15) is 0 Å². The number of ether oxygens (including phenoxy) is 3. The number of esters is 3. The lowest BCUT2D eigenvalue weighted by atomic mass is 9.65. The molecule has 0 unspecified atom stereocenters. The quantitative estimate of drug-likeness (QED) is 0.234. The first-order chi connectivity index (χ1) is 21.7. The molecule has 0 aromatic heterocycles. The average molecular weight is 629 g/mol. The maximum absolute atomic E-state index is 14.5. The number of carbonyl (C=O) groups excluding carboxylic acids is 4. The van der Waals surface area contributed by atoms with Gasteiger partial charge in [-0.05, 0) is 79.2 Å². The first kappa shape index (κ1) is 33.3. The summed E-state index contributed by atoms with van der Waals surface area (Å²) in [5.74, 6) is -3.39. The van der Waals surface area contributed by atoms with E-state index < -0.39 is 59.4 Å². The largest absolute Gasteiger partial charge is 0.458 e. The van der Waals surface area contributed by atoms with Crippen LogP contribution < -0.4 is 0 Å². The Morgan fingerprint density at radius 2 is 1.43 bits per heavy atom. The topological polar surface area (TPSA) is 116 Å². The molecule has 1 N–H and O–H groups in total. The highest BCUT2D eigenvalue weighted by molar-refractivity contribution is 5.95. The molecule has 2 saturated carbocycles. The van der Waals surface area contributed by atoms with E-state index in [2.05, 4.69) is 20.4 Å². The van der Waals surface area contributed by atoms with E-state index in [0.717, 1.165) is 0 Å². The first-order valence-electron chi connectivity index (χ1n) is 16.1. The summed E-state index contributed by atoms with van der Waals surface area (Å²) in [4.78, 5) is 53.5. The highest BCUT2D eigenvalue weighted by Gasteiger charge is 2.59. The smallest absolute Gasteiger partial charge is 0.338 e. The van der Waals surface area contributed by atoms with Crippen molar-refractivity contribution < 1.29 is 38.5 Å². The summed E-state index contributed by atoms with van der Waals surface area (Å²) >= 11 is 0.